The normalized spacial score (nSPS) is 18.0. The molecule has 2 aliphatic rings. The molecule has 0 bridgehead atoms. The van der Waals surface area contributed by atoms with E-state index in [0.29, 0.717) is 0 Å². The van der Waals surface area contributed by atoms with E-state index in [1.165, 1.54) is 5.57 Å². The van der Waals surface area contributed by atoms with E-state index in [0.717, 1.165) is 28.3 Å². The van der Waals surface area contributed by atoms with Crippen molar-refractivity contribution in [3.05, 3.63) is 66.0 Å². The number of hydrogen-bond donors (Lipinski definition) is 0. The highest BCUT2D eigenvalue weighted by atomic mass is 16.5. The maximum absolute atomic E-state index is 5.31. The van der Waals surface area contributed by atoms with Gasteiger partial charge in [-0.15, -0.1) is 0 Å². The third-order valence-electron chi connectivity index (χ3n) is 3.62. The van der Waals surface area contributed by atoms with Crippen LogP contribution in [-0.4, -0.2) is 24.8 Å². The van der Waals surface area contributed by atoms with Crippen LogP contribution in [0.5, 0.6) is 5.75 Å². The fourth-order valence-corrected chi connectivity index (χ4v) is 2.40. The minimum atomic E-state index is 0.858. The molecule has 106 valence electrons. The molecule has 3 rings (SSSR count). The van der Waals surface area contributed by atoms with Crippen molar-refractivity contribution in [2.75, 3.05) is 14.2 Å². The van der Waals surface area contributed by atoms with Crippen molar-refractivity contribution in [2.24, 2.45) is 4.99 Å². The van der Waals surface area contributed by atoms with Gasteiger partial charge in [0.15, 0.2) is 0 Å². The predicted molar refractivity (Wildman–Crippen MR) is 87.9 cm³/mol. The number of fused-ring (bicyclic) bond motifs is 1. The molecule has 0 amide bonds. The zero-order valence-electron chi connectivity index (χ0n) is 12.5. The SMILES string of the molecule is COc1ccc2c(c1)C(=CC=C1C=CN(C)C=C1)C(C)=N2. The maximum Gasteiger partial charge on any atom is 0.119 e. The molecule has 1 aromatic rings. The topological polar surface area (TPSA) is 24.8 Å². The van der Waals surface area contributed by atoms with Crippen LogP contribution in [-0.2, 0) is 0 Å². The summed E-state index contributed by atoms with van der Waals surface area (Å²) in [4.78, 5) is 6.62. The van der Waals surface area contributed by atoms with Crippen LogP contribution in [0.4, 0.5) is 5.69 Å². The first-order chi connectivity index (χ1) is 10.2. The molecule has 0 spiro atoms. The third-order valence-corrected chi connectivity index (χ3v) is 3.62. The van der Waals surface area contributed by atoms with Gasteiger partial charge in [0.1, 0.15) is 5.75 Å². The Bertz CT molecular complexity index is 705. The number of allylic oxidation sites excluding steroid dienone is 6. The Hall–Kier alpha value is -2.55. The van der Waals surface area contributed by atoms with Gasteiger partial charge in [0.05, 0.1) is 12.8 Å². The van der Waals surface area contributed by atoms with E-state index in [1.807, 2.05) is 49.5 Å². The van der Waals surface area contributed by atoms with E-state index in [1.54, 1.807) is 7.11 Å². The lowest BCUT2D eigenvalue weighted by Gasteiger charge is -2.11. The molecule has 0 aliphatic carbocycles. The van der Waals surface area contributed by atoms with Crippen LogP contribution in [0.2, 0.25) is 0 Å². The van der Waals surface area contributed by atoms with Crippen LogP contribution in [0.1, 0.15) is 12.5 Å². The Morgan fingerprint density at radius 3 is 2.62 bits per heavy atom. The Morgan fingerprint density at radius 2 is 1.90 bits per heavy atom. The molecule has 1 aromatic carbocycles. The Labute approximate surface area is 125 Å². The Morgan fingerprint density at radius 1 is 1.14 bits per heavy atom. The van der Waals surface area contributed by atoms with E-state index in [4.69, 9.17) is 4.74 Å². The van der Waals surface area contributed by atoms with E-state index in [9.17, 15) is 0 Å². The number of hydrogen-bond acceptors (Lipinski definition) is 3. The lowest BCUT2D eigenvalue weighted by molar-refractivity contribution is 0.415. The van der Waals surface area contributed by atoms with Gasteiger partial charge in [-0.05, 0) is 42.8 Å². The van der Waals surface area contributed by atoms with Crippen molar-refractivity contribution in [3.8, 4) is 5.75 Å². The van der Waals surface area contributed by atoms with Crippen LogP contribution < -0.4 is 4.74 Å². The largest absolute Gasteiger partial charge is 0.497 e. The lowest BCUT2D eigenvalue weighted by atomic mass is 10.0. The fourth-order valence-electron chi connectivity index (χ4n) is 2.40. The second-order valence-electron chi connectivity index (χ2n) is 5.12. The van der Waals surface area contributed by atoms with Crippen LogP contribution in [0.25, 0.3) is 5.57 Å². The second kappa shape index (κ2) is 5.44. The van der Waals surface area contributed by atoms with Crippen molar-refractivity contribution in [1.29, 1.82) is 0 Å². The first kappa shape index (κ1) is 13.4. The average molecular weight is 278 g/mol. The molecule has 0 atom stereocenters. The van der Waals surface area contributed by atoms with Crippen molar-refractivity contribution < 1.29 is 4.74 Å². The number of rotatable bonds is 2. The molecule has 0 fully saturated rings. The summed E-state index contributed by atoms with van der Waals surface area (Å²) in [5, 5.41) is 0. The molecule has 0 radical (unpaired) electrons. The standard InChI is InChI=1S/C18H18N2O/c1-13-16(6-4-14-8-10-20(2)11-9-14)17-12-15(21-3)5-7-18(17)19-13/h4-12H,1-3H3. The first-order valence-electron chi connectivity index (χ1n) is 6.92. The van der Waals surface area contributed by atoms with Gasteiger partial charge in [0, 0.05) is 36.3 Å². The molecule has 0 unspecified atom stereocenters. The van der Waals surface area contributed by atoms with Crippen molar-refractivity contribution in [3.63, 3.8) is 0 Å². The number of aliphatic imine (C=N–C) groups is 1. The van der Waals surface area contributed by atoms with E-state index < -0.39 is 0 Å². The quantitative estimate of drug-likeness (QED) is 0.814. The molecule has 2 aliphatic heterocycles. The van der Waals surface area contributed by atoms with Crippen molar-refractivity contribution in [1.82, 2.24) is 4.90 Å². The third kappa shape index (κ3) is 2.68. The molecule has 0 saturated heterocycles. The monoisotopic (exact) mass is 278 g/mol. The molecular formula is C18H18N2O. The summed E-state index contributed by atoms with van der Waals surface area (Å²) in [7, 11) is 3.70. The summed E-state index contributed by atoms with van der Waals surface area (Å²) in [6, 6.07) is 5.99. The van der Waals surface area contributed by atoms with Gasteiger partial charge in [-0.3, -0.25) is 4.99 Å². The summed E-state index contributed by atoms with van der Waals surface area (Å²) in [5.41, 5.74) is 5.50. The van der Waals surface area contributed by atoms with Crippen molar-refractivity contribution in [2.45, 2.75) is 6.92 Å². The average Bonchev–Trinajstić information content (AvgIpc) is 2.81. The van der Waals surface area contributed by atoms with Gasteiger partial charge in [-0.1, -0.05) is 12.2 Å². The highest BCUT2D eigenvalue weighted by Crippen LogP contribution is 2.37. The molecule has 0 N–H and O–H groups in total. The van der Waals surface area contributed by atoms with Gasteiger partial charge >= 0.3 is 0 Å². The molecule has 0 aromatic heterocycles. The maximum atomic E-state index is 5.31. The van der Waals surface area contributed by atoms with Crippen LogP contribution in [0.3, 0.4) is 0 Å². The number of methoxy groups -OCH3 is 1. The summed E-state index contributed by atoms with van der Waals surface area (Å²) >= 11 is 0. The van der Waals surface area contributed by atoms with Gasteiger partial charge < -0.3 is 9.64 Å². The molecule has 0 saturated carbocycles. The van der Waals surface area contributed by atoms with Crippen LogP contribution >= 0.6 is 0 Å². The number of nitrogens with zero attached hydrogens (tertiary/aromatic N) is 2. The lowest BCUT2D eigenvalue weighted by Crippen LogP contribution is -2.02. The first-order valence-corrected chi connectivity index (χ1v) is 6.92. The van der Waals surface area contributed by atoms with Crippen LogP contribution in [0, 0.1) is 0 Å². The summed E-state index contributed by atoms with van der Waals surface area (Å²) in [5.74, 6) is 0.858. The summed E-state index contributed by atoms with van der Waals surface area (Å²) < 4.78 is 5.31. The molecule has 3 nitrogen and oxygen atoms in total. The Balaban J connectivity index is 1.95. The summed E-state index contributed by atoms with van der Waals surface area (Å²) in [6.45, 7) is 2.04. The highest BCUT2D eigenvalue weighted by Gasteiger charge is 2.17. The fraction of sp³-hybridized carbons (Fsp3) is 0.167. The van der Waals surface area contributed by atoms with Gasteiger partial charge in [-0.25, -0.2) is 0 Å². The van der Waals surface area contributed by atoms with Gasteiger partial charge in [0.25, 0.3) is 0 Å². The highest BCUT2D eigenvalue weighted by molar-refractivity contribution is 6.28. The minimum absolute atomic E-state index is 0.858. The van der Waals surface area contributed by atoms with E-state index >= 15 is 0 Å². The zero-order chi connectivity index (χ0) is 14.8. The molecule has 2 heterocycles. The van der Waals surface area contributed by atoms with Gasteiger partial charge in [0.2, 0.25) is 0 Å². The molecule has 21 heavy (non-hydrogen) atoms. The second-order valence-corrected chi connectivity index (χ2v) is 5.12. The Kier molecular flexibility index (Phi) is 3.48. The van der Waals surface area contributed by atoms with E-state index in [-0.39, 0.29) is 0 Å². The van der Waals surface area contributed by atoms with E-state index in [2.05, 4.69) is 29.3 Å². The number of ether oxygens (including phenoxy) is 1. The predicted octanol–water partition coefficient (Wildman–Crippen LogP) is 4.08. The zero-order valence-corrected chi connectivity index (χ0v) is 12.5. The molecular weight excluding hydrogens is 260 g/mol. The van der Waals surface area contributed by atoms with Crippen LogP contribution in [0.15, 0.2) is 65.5 Å². The molecule has 3 heteroatoms. The minimum Gasteiger partial charge on any atom is -0.497 e. The van der Waals surface area contributed by atoms with Gasteiger partial charge in [-0.2, -0.15) is 0 Å². The summed E-state index contributed by atoms with van der Waals surface area (Å²) in [6.07, 6.45) is 12.5. The number of benzene rings is 1. The smallest absolute Gasteiger partial charge is 0.119 e. The van der Waals surface area contributed by atoms with Crippen molar-refractivity contribution >= 4 is 17.0 Å².